The van der Waals surface area contributed by atoms with Gasteiger partial charge in [-0.2, -0.15) is 5.10 Å². The topological polar surface area (TPSA) is 112 Å². The van der Waals surface area contributed by atoms with Crippen LogP contribution >= 0.6 is 0 Å². The third-order valence-electron chi connectivity index (χ3n) is 4.67. The summed E-state index contributed by atoms with van der Waals surface area (Å²) in [4.78, 5) is 22.7. The number of nitrogens with zero attached hydrogens (tertiary/aromatic N) is 3. The molecule has 0 radical (unpaired) electrons. The summed E-state index contributed by atoms with van der Waals surface area (Å²) in [5.74, 6) is 0.641. The summed E-state index contributed by atoms with van der Waals surface area (Å²) in [5, 5.41) is 17.7. The fourth-order valence-corrected chi connectivity index (χ4v) is 2.98. The molecule has 4 rings (SSSR count). The van der Waals surface area contributed by atoms with Crippen molar-refractivity contribution in [3.63, 3.8) is 0 Å². The van der Waals surface area contributed by atoms with E-state index in [0.717, 1.165) is 5.56 Å². The highest BCUT2D eigenvalue weighted by Gasteiger charge is 2.13. The Kier molecular flexibility index (Phi) is 5.98. The Morgan fingerprint density at radius 1 is 1.12 bits per heavy atom. The van der Waals surface area contributed by atoms with Crippen LogP contribution in [-0.2, 0) is 13.2 Å². The lowest BCUT2D eigenvalue weighted by Gasteiger charge is -2.04. The summed E-state index contributed by atoms with van der Waals surface area (Å²) in [6, 6.07) is 17.1. The highest BCUT2D eigenvalue weighted by molar-refractivity contribution is 6.02. The fraction of sp³-hybridized carbons (Fsp3) is 0.130. The maximum Gasteiger partial charge on any atom is 0.291 e. The molecule has 0 unspecified atom stereocenters. The second kappa shape index (κ2) is 9.17. The third-order valence-corrected chi connectivity index (χ3v) is 4.67. The summed E-state index contributed by atoms with van der Waals surface area (Å²) in [5.41, 5.74) is 2.84. The van der Waals surface area contributed by atoms with E-state index in [1.165, 1.54) is 29.8 Å². The Bertz CT molecular complexity index is 1230. The van der Waals surface area contributed by atoms with Gasteiger partial charge in [0.1, 0.15) is 18.1 Å². The summed E-state index contributed by atoms with van der Waals surface area (Å²) in [6.07, 6.45) is 3.33. The van der Waals surface area contributed by atoms with Crippen molar-refractivity contribution >= 4 is 17.3 Å². The van der Waals surface area contributed by atoms with Crippen LogP contribution in [0.2, 0.25) is 0 Å². The van der Waals surface area contributed by atoms with Crippen LogP contribution in [0.3, 0.4) is 0 Å². The molecular formula is C23H20N4O5. The van der Waals surface area contributed by atoms with Gasteiger partial charge in [0.25, 0.3) is 11.6 Å². The van der Waals surface area contributed by atoms with E-state index in [1.807, 2.05) is 31.2 Å². The molecule has 2 heterocycles. The fourth-order valence-electron chi connectivity index (χ4n) is 2.98. The number of nitro benzene ring substituents is 1. The minimum absolute atomic E-state index is 0.0171. The molecule has 2 aromatic carbocycles. The van der Waals surface area contributed by atoms with Crippen LogP contribution in [0.25, 0.3) is 0 Å². The van der Waals surface area contributed by atoms with Crippen LogP contribution in [0.5, 0.6) is 5.75 Å². The summed E-state index contributed by atoms with van der Waals surface area (Å²) in [6.45, 7) is 2.72. The van der Waals surface area contributed by atoms with Crippen LogP contribution in [0.1, 0.15) is 27.4 Å². The zero-order chi connectivity index (χ0) is 22.5. The van der Waals surface area contributed by atoms with Crippen molar-refractivity contribution in [1.29, 1.82) is 0 Å². The lowest BCUT2D eigenvalue weighted by Crippen LogP contribution is -2.10. The van der Waals surface area contributed by atoms with Crippen molar-refractivity contribution in [2.24, 2.45) is 0 Å². The summed E-state index contributed by atoms with van der Waals surface area (Å²) in [7, 11) is 0. The van der Waals surface area contributed by atoms with Crippen molar-refractivity contribution < 1.29 is 18.9 Å². The van der Waals surface area contributed by atoms with Crippen molar-refractivity contribution in [2.45, 2.75) is 20.1 Å². The Morgan fingerprint density at radius 2 is 1.88 bits per heavy atom. The van der Waals surface area contributed by atoms with Crippen LogP contribution in [0, 0.1) is 17.0 Å². The van der Waals surface area contributed by atoms with E-state index >= 15 is 0 Å². The van der Waals surface area contributed by atoms with Gasteiger partial charge in [0, 0.05) is 18.3 Å². The quantitative estimate of drug-likeness (QED) is 0.322. The maximum atomic E-state index is 12.5. The van der Waals surface area contributed by atoms with Crippen LogP contribution in [0.15, 0.2) is 77.5 Å². The average Bonchev–Trinajstić information content (AvgIpc) is 3.44. The number of aryl methyl sites for hydroxylation is 1. The van der Waals surface area contributed by atoms with E-state index in [9.17, 15) is 14.9 Å². The number of aromatic nitrogens is 2. The molecule has 32 heavy (non-hydrogen) atoms. The van der Waals surface area contributed by atoms with Crippen molar-refractivity contribution in [3.05, 3.63) is 106 Å². The molecule has 4 aromatic rings. The standard InChI is InChI=1S/C23H20N4O5/c1-16-2-4-17(5-3-16)13-26-14-18(12-24-26)25-23(28)22-11-10-21(32-22)15-31-20-8-6-19(7-9-20)27(29)30/h2-12,14H,13,15H2,1H3,(H,25,28). The Balaban J connectivity index is 1.31. The Morgan fingerprint density at radius 3 is 2.59 bits per heavy atom. The largest absolute Gasteiger partial charge is 0.486 e. The van der Waals surface area contributed by atoms with Gasteiger partial charge in [-0.1, -0.05) is 29.8 Å². The van der Waals surface area contributed by atoms with Gasteiger partial charge in [-0.3, -0.25) is 19.6 Å². The number of anilines is 1. The number of benzene rings is 2. The summed E-state index contributed by atoms with van der Waals surface area (Å²) >= 11 is 0. The first-order valence-electron chi connectivity index (χ1n) is 9.81. The van der Waals surface area contributed by atoms with Crippen molar-refractivity contribution in [3.8, 4) is 5.75 Å². The number of furan rings is 1. The Labute approximate surface area is 183 Å². The second-order valence-corrected chi connectivity index (χ2v) is 7.17. The minimum atomic E-state index is -0.479. The number of non-ortho nitro benzene ring substituents is 1. The van der Waals surface area contributed by atoms with Gasteiger partial charge >= 0.3 is 0 Å². The first kappa shape index (κ1) is 20.9. The first-order chi connectivity index (χ1) is 15.5. The molecule has 0 aliphatic heterocycles. The van der Waals surface area contributed by atoms with Crippen LogP contribution in [-0.4, -0.2) is 20.6 Å². The Hall–Kier alpha value is -4.40. The third kappa shape index (κ3) is 5.20. The molecule has 0 spiro atoms. The molecule has 0 atom stereocenters. The van der Waals surface area contributed by atoms with Crippen LogP contribution in [0.4, 0.5) is 11.4 Å². The SMILES string of the molecule is Cc1ccc(Cn2cc(NC(=O)c3ccc(COc4ccc([N+](=O)[O-])cc4)o3)cn2)cc1. The van der Waals surface area contributed by atoms with E-state index in [4.69, 9.17) is 9.15 Å². The molecule has 9 heteroatoms. The minimum Gasteiger partial charge on any atom is -0.486 e. The van der Waals surface area contributed by atoms with E-state index < -0.39 is 10.8 Å². The molecule has 1 N–H and O–H groups in total. The molecule has 0 saturated heterocycles. The highest BCUT2D eigenvalue weighted by atomic mass is 16.6. The molecule has 9 nitrogen and oxygen atoms in total. The molecule has 2 aromatic heterocycles. The van der Waals surface area contributed by atoms with Gasteiger partial charge in [-0.15, -0.1) is 0 Å². The second-order valence-electron chi connectivity index (χ2n) is 7.17. The van der Waals surface area contributed by atoms with Gasteiger partial charge in [0.05, 0.1) is 23.4 Å². The number of hydrogen-bond donors (Lipinski definition) is 1. The number of hydrogen-bond acceptors (Lipinski definition) is 6. The molecule has 1 amide bonds. The smallest absolute Gasteiger partial charge is 0.291 e. The number of nitrogens with one attached hydrogen (secondary N) is 1. The lowest BCUT2D eigenvalue weighted by molar-refractivity contribution is -0.384. The maximum absolute atomic E-state index is 12.5. The van der Waals surface area contributed by atoms with Gasteiger partial charge < -0.3 is 14.5 Å². The summed E-state index contributed by atoms with van der Waals surface area (Å²) < 4.78 is 12.8. The number of carbonyl (C=O) groups excluding carboxylic acids is 1. The number of rotatable bonds is 8. The number of ether oxygens (including phenoxy) is 1. The van der Waals surface area contributed by atoms with Gasteiger partial charge in [-0.25, -0.2) is 0 Å². The molecule has 0 saturated carbocycles. The highest BCUT2D eigenvalue weighted by Crippen LogP contribution is 2.19. The zero-order valence-electron chi connectivity index (χ0n) is 17.2. The van der Waals surface area contributed by atoms with Gasteiger partial charge in [-0.05, 0) is 36.8 Å². The van der Waals surface area contributed by atoms with Gasteiger partial charge in [0.2, 0.25) is 0 Å². The van der Waals surface area contributed by atoms with Crippen molar-refractivity contribution in [2.75, 3.05) is 5.32 Å². The lowest BCUT2D eigenvalue weighted by atomic mass is 10.1. The molecule has 0 aliphatic carbocycles. The number of carbonyl (C=O) groups is 1. The number of nitro groups is 1. The molecule has 0 fully saturated rings. The molecule has 0 aliphatic rings. The average molecular weight is 432 g/mol. The predicted octanol–water partition coefficient (Wildman–Crippen LogP) is 4.57. The molecule has 162 valence electrons. The molecular weight excluding hydrogens is 412 g/mol. The number of amides is 1. The van der Waals surface area contributed by atoms with E-state index in [-0.39, 0.29) is 18.1 Å². The van der Waals surface area contributed by atoms with E-state index in [1.54, 1.807) is 29.2 Å². The molecule has 0 bridgehead atoms. The monoisotopic (exact) mass is 432 g/mol. The van der Waals surface area contributed by atoms with E-state index in [2.05, 4.69) is 10.4 Å². The van der Waals surface area contributed by atoms with Crippen molar-refractivity contribution in [1.82, 2.24) is 9.78 Å². The zero-order valence-corrected chi connectivity index (χ0v) is 17.2. The van der Waals surface area contributed by atoms with E-state index in [0.29, 0.717) is 23.7 Å². The van der Waals surface area contributed by atoms with Gasteiger partial charge in [0.15, 0.2) is 5.76 Å². The predicted molar refractivity (Wildman–Crippen MR) is 117 cm³/mol. The normalized spacial score (nSPS) is 10.7. The van der Waals surface area contributed by atoms with Crippen LogP contribution < -0.4 is 10.1 Å². The first-order valence-corrected chi connectivity index (χ1v) is 9.81.